The van der Waals surface area contributed by atoms with Crippen molar-refractivity contribution in [3.05, 3.63) is 11.4 Å². The summed E-state index contributed by atoms with van der Waals surface area (Å²) in [5.41, 5.74) is 0.437. The molecule has 2 rings (SSSR count). The van der Waals surface area contributed by atoms with Gasteiger partial charge in [-0.2, -0.15) is 4.39 Å². The zero-order valence-corrected chi connectivity index (χ0v) is 11.1. The van der Waals surface area contributed by atoms with E-state index in [-0.39, 0.29) is 24.7 Å². The third kappa shape index (κ3) is 3.12. The van der Waals surface area contributed by atoms with Crippen LogP contribution in [0, 0.1) is 0 Å². The second-order valence-electron chi connectivity index (χ2n) is 4.73. The fourth-order valence-corrected chi connectivity index (χ4v) is 2.18. The van der Waals surface area contributed by atoms with E-state index in [9.17, 15) is 14.0 Å². The van der Waals surface area contributed by atoms with Crippen molar-refractivity contribution in [1.29, 1.82) is 0 Å². The summed E-state index contributed by atoms with van der Waals surface area (Å²) in [6.07, 6.45) is 0.399. The second-order valence-corrected chi connectivity index (χ2v) is 4.73. The molecule has 0 N–H and O–H groups in total. The van der Waals surface area contributed by atoms with Crippen LogP contribution in [0.1, 0.15) is 26.7 Å². The average Bonchev–Trinajstić information content (AvgIpc) is 3.14. The number of esters is 1. The number of halogens is 1. The van der Waals surface area contributed by atoms with E-state index in [1.165, 1.54) is 0 Å². The van der Waals surface area contributed by atoms with Gasteiger partial charge < -0.3 is 14.4 Å². The Balaban J connectivity index is 1.89. The SMILES string of the molecule is CCOC(=O)C(F)=C1CCN(C(=O)[C@@H]2O[C@H]2C)CC1. The Morgan fingerprint density at radius 3 is 2.47 bits per heavy atom. The molecule has 2 saturated heterocycles. The maximum absolute atomic E-state index is 13.7. The summed E-state index contributed by atoms with van der Waals surface area (Å²) in [5, 5.41) is 0. The van der Waals surface area contributed by atoms with Crippen LogP contribution in [0.2, 0.25) is 0 Å². The Morgan fingerprint density at radius 2 is 2.00 bits per heavy atom. The van der Waals surface area contributed by atoms with Gasteiger partial charge in [0.05, 0.1) is 12.7 Å². The molecule has 0 radical (unpaired) electrons. The number of carbonyl (C=O) groups excluding carboxylic acids is 2. The van der Waals surface area contributed by atoms with Gasteiger partial charge in [0.1, 0.15) is 0 Å². The van der Waals surface area contributed by atoms with Crippen molar-refractivity contribution in [3.63, 3.8) is 0 Å². The lowest BCUT2D eigenvalue weighted by molar-refractivity contribution is -0.140. The Hall–Kier alpha value is -1.43. The molecule has 0 unspecified atom stereocenters. The summed E-state index contributed by atoms with van der Waals surface area (Å²) in [4.78, 5) is 24.8. The molecule has 0 spiro atoms. The summed E-state index contributed by atoms with van der Waals surface area (Å²) in [7, 11) is 0. The van der Waals surface area contributed by atoms with E-state index in [1.807, 2.05) is 6.92 Å². The van der Waals surface area contributed by atoms with Gasteiger partial charge in [-0.25, -0.2) is 4.79 Å². The first-order chi connectivity index (χ1) is 9.04. The first-order valence-electron chi connectivity index (χ1n) is 6.53. The highest BCUT2D eigenvalue weighted by molar-refractivity contribution is 5.87. The lowest BCUT2D eigenvalue weighted by Crippen LogP contribution is -2.39. The average molecular weight is 271 g/mol. The predicted octanol–water partition coefficient (Wildman–Crippen LogP) is 1.18. The van der Waals surface area contributed by atoms with Gasteiger partial charge in [0, 0.05) is 13.1 Å². The standard InChI is InChI=1S/C13H18FNO4/c1-3-18-13(17)10(14)9-4-6-15(7-5-9)12(16)11-8(2)19-11/h8,11H,3-7H2,1-2H3/t8-,11+/m0/s1. The molecular weight excluding hydrogens is 253 g/mol. The van der Waals surface area contributed by atoms with Gasteiger partial charge in [0.15, 0.2) is 6.10 Å². The smallest absolute Gasteiger partial charge is 0.367 e. The Bertz CT molecular complexity index is 411. The van der Waals surface area contributed by atoms with E-state index in [1.54, 1.807) is 11.8 Å². The van der Waals surface area contributed by atoms with Gasteiger partial charge in [0.25, 0.3) is 5.91 Å². The van der Waals surface area contributed by atoms with E-state index in [0.717, 1.165) is 0 Å². The van der Waals surface area contributed by atoms with Gasteiger partial charge in [0.2, 0.25) is 5.83 Å². The molecule has 0 aliphatic carbocycles. The van der Waals surface area contributed by atoms with E-state index in [0.29, 0.717) is 31.5 Å². The topological polar surface area (TPSA) is 59.1 Å². The van der Waals surface area contributed by atoms with Crippen LogP contribution in [0.25, 0.3) is 0 Å². The van der Waals surface area contributed by atoms with E-state index in [4.69, 9.17) is 4.74 Å². The van der Waals surface area contributed by atoms with Crippen molar-refractivity contribution < 1.29 is 23.5 Å². The van der Waals surface area contributed by atoms with Gasteiger partial charge >= 0.3 is 5.97 Å². The number of piperidine rings is 1. The number of hydrogen-bond acceptors (Lipinski definition) is 4. The monoisotopic (exact) mass is 271 g/mol. The first kappa shape index (κ1) is 14.0. The largest absolute Gasteiger partial charge is 0.461 e. The summed E-state index contributed by atoms with van der Waals surface area (Å²) in [6, 6.07) is 0. The molecule has 0 bridgehead atoms. The van der Waals surface area contributed by atoms with Crippen LogP contribution in [-0.4, -0.2) is 48.7 Å². The maximum Gasteiger partial charge on any atom is 0.367 e. The molecule has 5 nitrogen and oxygen atoms in total. The van der Waals surface area contributed by atoms with Crippen molar-refractivity contribution >= 4 is 11.9 Å². The van der Waals surface area contributed by atoms with E-state index < -0.39 is 11.8 Å². The Morgan fingerprint density at radius 1 is 1.42 bits per heavy atom. The number of hydrogen-bond donors (Lipinski definition) is 0. The molecule has 2 atom stereocenters. The quantitative estimate of drug-likeness (QED) is 0.439. The van der Waals surface area contributed by atoms with Gasteiger partial charge in [-0.15, -0.1) is 0 Å². The van der Waals surface area contributed by atoms with E-state index >= 15 is 0 Å². The number of carbonyl (C=O) groups is 2. The number of epoxide rings is 1. The summed E-state index contributed by atoms with van der Waals surface area (Å²) >= 11 is 0. The second kappa shape index (κ2) is 5.69. The summed E-state index contributed by atoms with van der Waals surface area (Å²) in [6.45, 7) is 4.48. The van der Waals surface area contributed by atoms with Crippen LogP contribution in [0.4, 0.5) is 4.39 Å². The van der Waals surface area contributed by atoms with Crippen LogP contribution in [-0.2, 0) is 19.1 Å². The molecule has 2 aliphatic heterocycles. The minimum atomic E-state index is -0.906. The molecule has 1 amide bonds. The lowest BCUT2D eigenvalue weighted by atomic mass is 10.0. The molecule has 0 aromatic rings. The fraction of sp³-hybridized carbons (Fsp3) is 0.692. The zero-order valence-electron chi connectivity index (χ0n) is 11.1. The van der Waals surface area contributed by atoms with Crippen LogP contribution in [0.15, 0.2) is 11.4 Å². The van der Waals surface area contributed by atoms with Crippen molar-refractivity contribution in [2.24, 2.45) is 0 Å². The predicted molar refractivity (Wildman–Crippen MR) is 64.9 cm³/mol. The molecule has 2 aliphatic rings. The molecule has 2 heterocycles. The van der Waals surface area contributed by atoms with Gasteiger partial charge in [-0.3, -0.25) is 4.79 Å². The van der Waals surface area contributed by atoms with Gasteiger partial charge in [-0.05, 0) is 32.3 Å². The highest BCUT2D eigenvalue weighted by atomic mass is 19.1. The van der Waals surface area contributed by atoms with Crippen LogP contribution < -0.4 is 0 Å². The van der Waals surface area contributed by atoms with Crippen molar-refractivity contribution in [1.82, 2.24) is 4.90 Å². The van der Waals surface area contributed by atoms with Crippen molar-refractivity contribution in [2.45, 2.75) is 38.9 Å². The molecule has 106 valence electrons. The number of nitrogens with zero attached hydrogens (tertiary/aromatic N) is 1. The minimum Gasteiger partial charge on any atom is -0.461 e. The highest BCUT2D eigenvalue weighted by Gasteiger charge is 2.43. The first-order valence-corrected chi connectivity index (χ1v) is 6.53. The van der Waals surface area contributed by atoms with E-state index in [2.05, 4.69) is 4.74 Å². The molecule has 2 fully saturated rings. The molecule has 19 heavy (non-hydrogen) atoms. The zero-order chi connectivity index (χ0) is 14.0. The lowest BCUT2D eigenvalue weighted by Gasteiger charge is -2.28. The molecule has 6 heteroatoms. The van der Waals surface area contributed by atoms with Crippen molar-refractivity contribution in [3.8, 4) is 0 Å². The number of amides is 1. The number of ether oxygens (including phenoxy) is 2. The maximum atomic E-state index is 13.7. The number of rotatable bonds is 3. The number of likely N-dealkylation sites (tertiary alicyclic amines) is 1. The highest BCUT2D eigenvalue weighted by Crippen LogP contribution is 2.27. The summed E-state index contributed by atoms with van der Waals surface area (Å²) in [5.74, 6) is -1.75. The van der Waals surface area contributed by atoms with Crippen molar-refractivity contribution in [2.75, 3.05) is 19.7 Å². The summed E-state index contributed by atoms with van der Waals surface area (Å²) < 4.78 is 23.5. The third-order valence-corrected chi connectivity index (χ3v) is 3.40. The van der Waals surface area contributed by atoms with Crippen LogP contribution in [0.5, 0.6) is 0 Å². The van der Waals surface area contributed by atoms with Gasteiger partial charge in [-0.1, -0.05) is 0 Å². The van der Waals surface area contributed by atoms with Crippen LogP contribution in [0.3, 0.4) is 0 Å². The minimum absolute atomic E-state index is 0.0132. The third-order valence-electron chi connectivity index (χ3n) is 3.40. The van der Waals surface area contributed by atoms with Crippen LogP contribution >= 0.6 is 0 Å². The molecule has 0 saturated carbocycles. The Kier molecular flexibility index (Phi) is 4.19. The molecule has 0 aromatic heterocycles. The molecule has 0 aromatic carbocycles. The fourth-order valence-electron chi connectivity index (χ4n) is 2.18. The Labute approximate surface area is 111 Å². The normalized spacial score (nSPS) is 26.1. The molecular formula is C13H18FNO4.